The second-order valence-corrected chi connectivity index (χ2v) is 6.92. The van der Waals surface area contributed by atoms with Crippen LogP contribution < -0.4 is 0 Å². The lowest BCUT2D eigenvalue weighted by Gasteiger charge is -2.35. The van der Waals surface area contributed by atoms with Crippen LogP contribution in [0, 0.1) is 17.8 Å². The van der Waals surface area contributed by atoms with Gasteiger partial charge >= 0.3 is 0 Å². The molecule has 0 N–H and O–H groups in total. The van der Waals surface area contributed by atoms with Gasteiger partial charge in [-0.1, -0.05) is 23.8 Å². The highest BCUT2D eigenvalue weighted by Gasteiger charge is 2.55. The molecular formula is C18H24O3. The van der Waals surface area contributed by atoms with Crippen LogP contribution in [0.25, 0.3) is 0 Å². The summed E-state index contributed by atoms with van der Waals surface area (Å²) in [6, 6.07) is 0. The number of allylic oxidation sites excluding steroid dienone is 2. The molecule has 2 bridgehead atoms. The van der Waals surface area contributed by atoms with E-state index in [0.29, 0.717) is 12.8 Å². The Kier molecular flexibility index (Phi) is 3.87. The van der Waals surface area contributed by atoms with Crippen LogP contribution in [0.5, 0.6) is 0 Å². The van der Waals surface area contributed by atoms with E-state index < -0.39 is 6.10 Å². The van der Waals surface area contributed by atoms with Gasteiger partial charge in [-0.25, -0.2) is 0 Å². The lowest BCUT2D eigenvalue weighted by Crippen LogP contribution is -2.41. The predicted octanol–water partition coefficient (Wildman–Crippen LogP) is 3.24. The minimum Gasteiger partial charge on any atom is -0.366 e. The average molecular weight is 288 g/mol. The number of hydrogen-bond donors (Lipinski definition) is 0. The van der Waals surface area contributed by atoms with Gasteiger partial charge in [0, 0.05) is 18.8 Å². The third-order valence-electron chi connectivity index (χ3n) is 5.38. The van der Waals surface area contributed by atoms with Crippen molar-refractivity contribution in [2.45, 2.75) is 58.2 Å². The maximum Gasteiger partial charge on any atom is 0.162 e. The van der Waals surface area contributed by atoms with Gasteiger partial charge in [-0.2, -0.15) is 0 Å². The summed E-state index contributed by atoms with van der Waals surface area (Å²) in [5.74, 6) is 0.601. The van der Waals surface area contributed by atoms with Crippen molar-refractivity contribution in [3.8, 4) is 0 Å². The predicted molar refractivity (Wildman–Crippen MR) is 80.8 cm³/mol. The number of carbonyl (C=O) groups excluding carboxylic acids is 2. The largest absolute Gasteiger partial charge is 0.366 e. The fraction of sp³-hybridized carbons (Fsp3) is 0.667. The lowest BCUT2D eigenvalue weighted by atomic mass is 9.65. The zero-order chi connectivity index (χ0) is 15.1. The Hall–Kier alpha value is -1.22. The molecule has 2 heterocycles. The van der Waals surface area contributed by atoms with Crippen LogP contribution in [-0.2, 0) is 14.3 Å². The quantitative estimate of drug-likeness (QED) is 0.696. The normalized spacial score (nSPS) is 42.4. The summed E-state index contributed by atoms with van der Waals surface area (Å²) >= 11 is 0. The number of ether oxygens (including phenoxy) is 1. The Bertz CT molecular complexity index is 517. The second-order valence-electron chi connectivity index (χ2n) is 6.92. The molecule has 0 unspecified atom stereocenters. The SMILES string of the molecule is C=C(C)[C@H]1CCC(=O)[C@H]2[C@@H]1[C@@H]1O[C@H]2C/C(C)=C\CCC1=O. The van der Waals surface area contributed by atoms with Crippen LogP contribution in [-0.4, -0.2) is 23.8 Å². The molecule has 2 fully saturated rings. The first-order valence-electron chi connectivity index (χ1n) is 8.01. The second kappa shape index (κ2) is 5.53. The van der Waals surface area contributed by atoms with Crippen LogP contribution in [0.1, 0.15) is 46.0 Å². The van der Waals surface area contributed by atoms with Crippen LogP contribution >= 0.6 is 0 Å². The van der Waals surface area contributed by atoms with Crippen molar-refractivity contribution in [1.82, 2.24) is 0 Å². The van der Waals surface area contributed by atoms with E-state index in [4.69, 9.17) is 4.74 Å². The van der Waals surface area contributed by atoms with Gasteiger partial charge in [-0.3, -0.25) is 9.59 Å². The van der Waals surface area contributed by atoms with E-state index >= 15 is 0 Å². The maximum absolute atomic E-state index is 12.5. The standard InChI is InChI=1S/C18H24O3/c1-10(2)12-7-8-13(19)17-15-9-11(3)5-4-6-14(20)18(21-15)16(12)17/h5,12,15-18H,1,4,6-9H2,2-3H3/b11-5-/t12-,15+,16-,17-,18-/m1/s1. The molecule has 1 saturated carbocycles. The van der Waals surface area contributed by atoms with Gasteiger partial charge in [0.25, 0.3) is 0 Å². The van der Waals surface area contributed by atoms with Gasteiger partial charge in [-0.05, 0) is 39.0 Å². The summed E-state index contributed by atoms with van der Waals surface area (Å²) < 4.78 is 6.11. The maximum atomic E-state index is 12.5. The van der Waals surface area contributed by atoms with Crippen molar-refractivity contribution < 1.29 is 14.3 Å². The Labute approximate surface area is 126 Å². The van der Waals surface area contributed by atoms with Crippen LogP contribution in [0.4, 0.5) is 0 Å². The Morgan fingerprint density at radius 1 is 1.29 bits per heavy atom. The highest BCUT2D eigenvalue weighted by molar-refractivity contribution is 5.88. The zero-order valence-electron chi connectivity index (χ0n) is 12.9. The molecule has 3 aliphatic rings. The third kappa shape index (κ3) is 2.52. The smallest absolute Gasteiger partial charge is 0.162 e. The molecule has 0 aromatic heterocycles. The van der Waals surface area contributed by atoms with Crippen molar-refractivity contribution >= 4 is 11.6 Å². The van der Waals surface area contributed by atoms with Gasteiger partial charge in [0.2, 0.25) is 0 Å². The first kappa shape index (κ1) is 14.7. The molecule has 21 heavy (non-hydrogen) atoms. The van der Waals surface area contributed by atoms with Crippen molar-refractivity contribution in [1.29, 1.82) is 0 Å². The summed E-state index contributed by atoms with van der Waals surface area (Å²) in [5.41, 5.74) is 2.32. The van der Waals surface area contributed by atoms with E-state index in [2.05, 4.69) is 19.6 Å². The molecule has 5 atom stereocenters. The third-order valence-corrected chi connectivity index (χ3v) is 5.38. The summed E-state index contributed by atoms with van der Waals surface area (Å²) in [6.07, 6.45) is 5.13. The molecular weight excluding hydrogens is 264 g/mol. The number of Topliss-reactive ketones (excluding diaryl/α,β-unsaturated/α-hetero) is 2. The molecule has 0 radical (unpaired) electrons. The summed E-state index contributed by atoms with van der Waals surface area (Å²) in [7, 11) is 0. The van der Waals surface area contributed by atoms with Crippen LogP contribution in [0.3, 0.4) is 0 Å². The number of carbonyl (C=O) groups is 2. The summed E-state index contributed by atoms with van der Waals surface area (Å²) in [6.45, 7) is 8.19. The first-order chi connectivity index (χ1) is 9.99. The number of hydrogen-bond acceptors (Lipinski definition) is 3. The molecule has 0 amide bonds. The highest BCUT2D eigenvalue weighted by atomic mass is 16.5. The van der Waals surface area contributed by atoms with E-state index in [1.54, 1.807) is 0 Å². The minimum absolute atomic E-state index is 0.0205. The highest BCUT2D eigenvalue weighted by Crippen LogP contribution is 2.48. The molecule has 3 rings (SSSR count). The number of fused-ring (bicyclic) bond motifs is 5. The van der Waals surface area contributed by atoms with Crippen molar-refractivity contribution in [3.63, 3.8) is 0 Å². The van der Waals surface area contributed by atoms with E-state index in [1.165, 1.54) is 5.57 Å². The summed E-state index contributed by atoms with van der Waals surface area (Å²) in [5, 5.41) is 0. The van der Waals surface area contributed by atoms with Gasteiger partial charge in [0.1, 0.15) is 11.9 Å². The van der Waals surface area contributed by atoms with Gasteiger partial charge in [0.15, 0.2) is 5.78 Å². The van der Waals surface area contributed by atoms with Crippen molar-refractivity contribution in [2.24, 2.45) is 17.8 Å². The molecule has 3 heteroatoms. The average Bonchev–Trinajstić information content (AvgIpc) is 2.80. The number of ketones is 2. The molecule has 114 valence electrons. The molecule has 0 aromatic rings. The summed E-state index contributed by atoms with van der Waals surface area (Å²) in [4.78, 5) is 25.0. The van der Waals surface area contributed by atoms with Gasteiger partial charge < -0.3 is 4.74 Å². The molecule has 1 saturated heterocycles. The molecule has 0 spiro atoms. The van der Waals surface area contributed by atoms with Gasteiger partial charge in [-0.15, -0.1) is 0 Å². The van der Waals surface area contributed by atoms with E-state index in [-0.39, 0.29) is 35.4 Å². The Morgan fingerprint density at radius 2 is 2.05 bits per heavy atom. The molecule has 3 nitrogen and oxygen atoms in total. The monoisotopic (exact) mass is 288 g/mol. The Morgan fingerprint density at radius 3 is 2.76 bits per heavy atom. The van der Waals surface area contributed by atoms with E-state index in [9.17, 15) is 9.59 Å². The Balaban J connectivity index is 2.00. The number of rotatable bonds is 1. The zero-order valence-corrected chi connectivity index (χ0v) is 12.9. The van der Waals surface area contributed by atoms with Gasteiger partial charge in [0.05, 0.1) is 12.0 Å². The van der Waals surface area contributed by atoms with Crippen LogP contribution in [0.2, 0.25) is 0 Å². The molecule has 2 aliphatic heterocycles. The molecule has 1 aliphatic carbocycles. The lowest BCUT2D eigenvalue weighted by molar-refractivity contribution is -0.131. The van der Waals surface area contributed by atoms with Crippen molar-refractivity contribution in [2.75, 3.05) is 0 Å². The first-order valence-corrected chi connectivity index (χ1v) is 8.01. The van der Waals surface area contributed by atoms with E-state index in [1.807, 2.05) is 6.92 Å². The topological polar surface area (TPSA) is 43.4 Å². The fourth-order valence-electron chi connectivity index (χ4n) is 4.38. The molecule has 0 aromatic carbocycles. The van der Waals surface area contributed by atoms with Crippen molar-refractivity contribution in [3.05, 3.63) is 23.8 Å². The minimum atomic E-state index is -0.398. The van der Waals surface area contributed by atoms with Crippen LogP contribution in [0.15, 0.2) is 23.8 Å². The van der Waals surface area contributed by atoms with E-state index in [0.717, 1.165) is 24.8 Å². The fourth-order valence-corrected chi connectivity index (χ4v) is 4.38.